The van der Waals surface area contributed by atoms with Gasteiger partial charge in [-0.25, -0.2) is 0 Å². The maximum atomic E-state index is 9.30. The molecule has 0 aliphatic carbocycles. The van der Waals surface area contributed by atoms with Crippen LogP contribution < -0.4 is 10.6 Å². The minimum atomic E-state index is 0.0935. The second-order valence-corrected chi connectivity index (χ2v) is 5.50. The van der Waals surface area contributed by atoms with E-state index in [0.29, 0.717) is 11.8 Å². The molecule has 1 heterocycles. The number of phenols is 1. The molecule has 1 aliphatic heterocycles. The van der Waals surface area contributed by atoms with Gasteiger partial charge < -0.3 is 15.7 Å². The van der Waals surface area contributed by atoms with Gasteiger partial charge in [0.15, 0.2) is 0 Å². The van der Waals surface area contributed by atoms with Gasteiger partial charge in [-0.3, -0.25) is 0 Å². The molecule has 94 valence electrons. The molecule has 1 aromatic rings. The number of phenolic OH excluding ortho intramolecular Hbond substituents is 1. The molecule has 1 unspecified atom stereocenters. The summed E-state index contributed by atoms with van der Waals surface area (Å²) >= 11 is 0. The highest BCUT2D eigenvalue weighted by Gasteiger charge is 2.23. The summed E-state index contributed by atoms with van der Waals surface area (Å²) in [5.74, 6) is 0.331. The average molecular weight is 234 g/mol. The Balaban J connectivity index is 1.94. The standard InChI is InChI=1S/C14H22N2O/c1-14(2,10-16-12-7-8-15-9-12)11-3-5-13(17)6-4-11/h3-6,12,15-17H,7-10H2,1-2H3. The number of rotatable bonds is 4. The fraction of sp³-hybridized carbons (Fsp3) is 0.571. The fourth-order valence-corrected chi connectivity index (χ4v) is 2.24. The van der Waals surface area contributed by atoms with Gasteiger partial charge >= 0.3 is 0 Å². The lowest BCUT2D eigenvalue weighted by molar-refractivity contribution is 0.427. The van der Waals surface area contributed by atoms with Crippen LogP contribution >= 0.6 is 0 Å². The zero-order valence-electron chi connectivity index (χ0n) is 10.7. The van der Waals surface area contributed by atoms with Crippen LogP contribution in [0.25, 0.3) is 0 Å². The van der Waals surface area contributed by atoms with Crippen LogP contribution in [0.1, 0.15) is 25.8 Å². The van der Waals surface area contributed by atoms with E-state index in [9.17, 15) is 5.11 Å². The van der Waals surface area contributed by atoms with E-state index >= 15 is 0 Å². The highest BCUT2D eigenvalue weighted by Crippen LogP contribution is 2.24. The molecule has 1 fully saturated rings. The first kappa shape index (κ1) is 12.4. The molecule has 1 aromatic carbocycles. The van der Waals surface area contributed by atoms with E-state index in [-0.39, 0.29) is 5.41 Å². The van der Waals surface area contributed by atoms with Crippen molar-refractivity contribution in [2.45, 2.75) is 31.7 Å². The van der Waals surface area contributed by atoms with Crippen LogP contribution in [0.4, 0.5) is 0 Å². The Bertz CT molecular complexity index is 353. The molecule has 2 rings (SSSR count). The molecule has 0 aromatic heterocycles. The number of hydrogen-bond acceptors (Lipinski definition) is 3. The quantitative estimate of drug-likeness (QED) is 0.742. The average Bonchev–Trinajstić information content (AvgIpc) is 2.80. The molecule has 17 heavy (non-hydrogen) atoms. The largest absolute Gasteiger partial charge is 0.508 e. The molecule has 0 bridgehead atoms. The fourth-order valence-electron chi connectivity index (χ4n) is 2.24. The normalized spacial score (nSPS) is 20.7. The molecule has 3 heteroatoms. The summed E-state index contributed by atoms with van der Waals surface area (Å²) in [6.07, 6.45) is 1.21. The smallest absolute Gasteiger partial charge is 0.115 e. The van der Waals surface area contributed by atoms with Crippen LogP contribution in [-0.2, 0) is 5.41 Å². The van der Waals surface area contributed by atoms with Crippen molar-refractivity contribution in [2.24, 2.45) is 0 Å². The summed E-state index contributed by atoms with van der Waals surface area (Å²) in [5, 5.41) is 16.3. The lowest BCUT2D eigenvalue weighted by Crippen LogP contribution is -2.40. The number of nitrogens with one attached hydrogen (secondary N) is 2. The van der Waals surface area contributed by atoms with Crippen molar-refractivity contribution in [1.82, 2.24) is 10.6 Å². The van der Waals surface area contributed by atoms with Crippen LogP contribution in [0, 0.1) is 0 Å². The van der Waals surface area contributed by atoms with Gasteiger partial charge in [-0.15, -0.1) is 0 Å². The van der Waals surface area contributed by atoms with E-state index in [0.717, 1.165) is 19.6 Å². The van der Waals surface area contributed by atoms with Gasteiger partial charge in [0.2, 0.25) is 0 Å². The Kier molecular flexibility index (Phi) is 3.69. The molecular formula is C14H22N2O. The minimum Gasteiger partial charge on any atom is -0.508 e. The second kappa shape index (κ2) is 5.07. The molecule has 3 N–H and O–H groups in total. The summed E-state index contributed by atoms with van der Waals surface area (Å²) in [7, 11) is 0. The lowest BCUT2D eigenvalue weighted by Gasteiger charge is -2.27. The maximum Gasteiger partial charge on any atom is 0.115 e. The van der Waals surface area contributed by atoms with E-state index < -0.39 is 0 Å². The Labute approximate surface area is 103 Å². The highest BCUT2D eigenvalue weighted by molar-refractivity contribution is 5.30. The lowest BCUT2D eigenvalue weighted by atomic mass is 9.84. The van der Waals surface area contributed by atoms with Crippen LogP contribution in [-0.4, -0.2) is 30.8 Å². The van der Waals surface area contributed by atoms with Crippen LogP contribution in [0.5, 0.6) is 5.75 Å². The van der Waals surface area contributed by atoms with Crippen molar-refractivity contribution >= 4 is 0 Å². The minimum absolute atomic E-state index is 0.0935. The van der Waals surface area contributed by atoms with Gasteiger partial charge in [0.05, 0.1) is 0 Å². The molecule has 1 saturated heterocycles. The first-order chi connectivity index (χ1) is 8.08. The molecule has 0 spiro atoms. The van der Waals surface area contributed by atoms with E-state index in [2.05, 4.69) is 24.5 Å². The Morgan fingerprint density at radius 1 is 1.35 bits per heavy atom. The summed E-state index contributed by atoms with van der Waals surface area (Å²) < 4.78 is 0. The van der Waals surface area contributed by atoms with Crippen LogP contribution in [0.3, 0.4) is 0 Å². The zero-order valence-corrected chi connectivity index (χ0v) is 10.7. The second-order valence-electron chi connectivity index (χ2n) is 5.50. The molecule has 0 saturated carbocycles. The third-order valence-electron chi connectivity index (χ3n) is 3.54. The topological polar surface area (TPSA) is 44.3 Å². The van der Waals surface area contributed by atoms with Crippen molar-refractivity contribution in [1.29, 1.82) is 0 Å². The van der Waals surface area contributed by atoms with Gasteiger partial charge in [-0.2, -0.15) is 0 Å². The molecule has 1 atom stereocenters. The van der Waals surface area contributed by atoms with Crippen LogP contribution in [0.2, 0.25) is 0 Å². The van der Waals surface area contributed by atoms with E-state index in [1.54, 1.807) is 12.1 Å². The molecule has 0 radical (unpaired) electrons. The van der Waals surface area contributed by atoms with Gasteiger partial charge in [0.25, 0.3) is 0 Å². The summed E-state index contributed by atoms with van der Waals surface area (Å²) in [6.45, 7) is 7.62. The van der Waals surface area contributed by atoms with Gasteiger partial charge in [-0.1, -0.05) is 26.0 Å². The summed E-state index contributed by atoms with van der Waals surface area (Å²) in [5.41, 5.74) is 1.35. The highest BCUT2D eigenvalue weighted by atomic mass is 16.3. The third kappa shape index (κ3) is 3.20. The number of hydrogen-bond donors (Lipinski definition) is 3. The van der Waals surface area contributed by atoms with Gasteiger partial charge in [0.1, 0.15) is 5.75 Å². The first-order valence-electron chi connectivity index (χ1n) is 6.31. The Morgan fingerprint density at radius 3 is 2.65 bits per heavy atom. The Morgan fingerprint density at radius 2 is 2.06 bits per heavy atom. The van der Waals surface area contributed by atoms with Crippen molar-refractivity contribution < 1.29 is 5.11 Å². The maximum absolute atomic E-state index is 9.30. The van der Waals surface area contributed by atoms with E-state index in [1.807, 2.05) is 12.1 Å². The predicted molar refractivity (Wildman–Crippen MR) is 70.4 cm³/mol. The molecule has 3 nitrogen and oxygen atoms in total. The predicted octanol–water partition coefficient (Wildman–Crippen LogP) is 1.62. The monoisotopic (exact) mass is 234 g/mol. The summed E-state index contributed by atoms with van der Waals surface area (Å²) in [4.78, 5) is 0. The van der Waals surface area contributed by atoms with Crippen molar-refractivity contribution in [3.05, 3.63) is 29.8 Å². The van der Waals surface area contributed by atoms with Gasteiger partial charge in [0, 0.05) is 24.5 Å². The van der Waals surface area contributed by atoms with E-state index in [1.165, 1.54) is 12.0 Å². The first-order valence-corrected chi connectivity index (χ1v) is 6.31. The van der Waals surface area contributed by atoms with Gasteiger partial charge in [-0.05, 0) is 30.7 Å². The van der Waals surface area contributed by atoms with Crippen molar-refractivity contribution in [3.8, 4) is 5.75 Å². The molecular weight excluding hydrogens is 212 g/mol. The molecule has 1 aliphatic rings. The zero-order chi connectivity index (χ0) is 12.3. The Hall–Kier alpha value is -1.06. The van der Waals surface area contributed by atoms with E-state index in [4.69, 9.17) is 0 Å². The van der Waals surface area contributed by atoms with Crippen molar-refractivity contribution in [3.63, 3.8) is 0 Å². The SMILES string of the molecule is CC(C)(CNC1CCNC1)c1ccc(O)cc1. The summed E-state index contributed by atoms with van der Waals surface area (Å²) in [6, 6.07) is 8.13. The number of aromatic hydroxyl groups is 1. The third-order valence-corrected chi connectivity index (χ3v) is 3.54. The van der Waals surface area contributed by atoms with Crippen LogP contribution in [0.15, 0.2) is 24.3 Å². The van der Waals surface area contributed by atoms with Crippen molar-refractivity contribution in [2.75, 3.05) is 19.6 Å². The number of benzene rings is 1. The molecule has 0 amide bonds.